The quantitative estimate of drug-likeness (QED) is 0.587. The lowest BCUT2D eigenvalue weighted by atomic mass is 10.2. The molecule has 1 fully saturated rings. The van der Waals surface area contributed by atoms with Gasteiger partial charge in [0.1, 0.15) is 0 Å². The van der Waals surface area contributed by atoms with Crippen LogP contribution in [0.3, 0.4) is 0 Å². The molecule has 1 heterocycles. The molecule has 0 aromatic rings. The van der Waals surface area contributed by atoms with Crippen LogP contribution in [0, 0.1) is 0 Å². The lowest BCUT2D eigenvalue weighted by Crippen LogP contribution is -2.52. The summed E-state index contributed by atoms with van der Waals surface area (Å²) in [6, 6.07) is 1.19. The van der Waals surface area contributed by atoms with E-state index in [-0.39, 0.29) is 0 Å². The molecule has 0 aliphatic carbocycles. The summed E-state index contributed by atoms with van der Waals surface area (Å²) in [4.78, 5) is 0. The van der Waals surface area contributed by atoms with Crippen LogP contribution in [0.4, 0.5) is 0 Å². The fourth-order valence-corrected chi connectivity index (χ4v) is 4.75. The fourth-order valence-electron chi connectivity index (χ4n) is 1.72. The Balaban J connectivity index is 2.48. The third kappa shape index (κ3) is 1.02. The molecule has 3 heteroatoms. The van der Waals surface area contributed by atoms with E-state index in [2.05, 4.69) is 6.92 Å². The van der Waals surface area contributed by atoms with Gasteiger partial charge in [-0.2, -0.15) is 0 Å². The van der Waals surface area contributed by atoms with Gasteiger partial charge in [-0.1, -0.05) is 13.3 Å². The van der Waals surface area contributed by atoms with Crippen molar-refractivity contribution in [1.82, 2.24) is 0 Å². The zero-order valence-corrected chi connectivity index (χ0v) is 8.02. The molecule has 0 aromatic carbocycles. The monoisotopic (exact) mass is 160 g/mol. The van der Waals surface area contributed by atoms with E-state index in [1.165, 1.54) is 18.9 Å². The molecule has 1 rings (SSSR count). The van der Waals surface area contributed by atoms with Crippen molar-refractivity contribution >= 4 is 8.56 Å². The minimum absolute atomic E-state index is 0.752. The fraction of sp³-hybridized carbons (Fsp3) is 1.00. The van der Waals surface area contributed by atoms with Crippen molar-refractivity contribution in [3.05, 3.63) is 0 Å². The highest BCUT2D eigenvalue weighted by Crippen LogP contribution is 2.45. The van der Waals surface area contributed by atoms with Crippen LogP contribution in [0.25, 0.3) is 0 Å². The second-order valence-corrected chi connectivity index (χ2v) is 6.62. The van der Waals surface area contributed by atoms with Gasteiger partial charge in [0.25, 0.3) is 0 Å². The van der Waals surface area contributed by atoms with Crippen LogP contribution in [-0.2, 0) is 8.85 Å². The zero-order valence-electron chi connectivity index (χ0n) is 7.02. The molecule has 10 heavy (non-hydrogen) atoms. The lowest BCUT2D eigenvalue weighted by Gasteiger charge is -2.43. The van der Waals surface area contributed by atoms with Crippen LogP contribution in [-0.4, -0.2) is 22.8 Å². The van der Waals surface area contributed by atoms with E-state index in [4.69, 9.17) is 8.85 Å². The topological polar surface area (TPSA) is 18.5 Å². The Morgan fingerprint density at radius 2 is 2.00 bits per heavy atom. The van der Waals surface area contributed by atoms with Crippen LogP contribution in [0.15, 0.2) is 0 Å². The van der Waals surface area contributed by atoms with Gasteiger partial charge in [0.15, 0.2) is 0 Å². The normalized spacial score (nSPS) is 29.7. The number of hydrogen-bond donors (Lipinski definition) is 0. The third-order valence-electron chi connectivity index (χ3n) is 2.65. The minimum atomic E-state index is -1.62. The summed E-state index contributed by atoms with van der Waals surface area (Å²) in [5.74, 6) is 0. The highest BCUT2D eigenvalue weighted by Gasteiger charge is 2.51. The molecular formula is C7H16O2Si. The Labute approximate surface area is 63.8 Å². The zero-order chi connectivity index (χ0) is 7.61. The first kappa shape index (κ1) is 8.24. The van der Waals surface area contributed by atoms with Gasteiger partial charge in [0.05, 0.1) is 0 Å². The minimum Gasteiger partial charge on any atom is -0.397 e. The predicted octanol–water partition coefficient (Wildman–Crippen LogP) is 1.91. The van der Waals surface area contributed by atoms with Crippen LogP contribution in [0.5, 0.6) is 0 Å². The molecule has 60 valence electrons. The molecule has 0 radical (unpaired) electrons. The SMILES string of the molecule is CCC1CC[Si]1(OC)OC. The van der Waals surface area contributed by atoms with Crippen LogP contribution in [0.1, 0.15) is 19.8 Å². The maximum Gasteiger partial charge on any atom is 0.340 e. The van der Waals surface area contributed by atoms with Gasteiger partial charge in [-0.3, -0.25) is 0 Å². The third-order valence-corrected chi connectivity index (χ3v) is 6.96. The van der Waals surface area contributed by atoms with Gasteiger partial charge < -0.3 is 8.85 Å². The van der Waals surface area contributed by atoms with Crippen molar-refractivity contribution in [2.75, 3.05) is 14.2 Å². The van der Waals surface area contributed by atoms with E-state index in [1.54, 1.807) is 14.2 Å². The van der Waals surface area contributed by atoms with Gasteiger partial charge in [-0.05, 0) is 12.5 Å². The first-order chi connectivity index (χ1) is 4.79. The molecule has 0 amide bonds. The highest BCUT2D eigenvalue weighted by atomic mass is 28.4. The lowest BCUT2D eigenvalue weighted by molar-refractivity contribution is 0.200. The summed E-state index contributed by atoms with van der Waals surface area (Å²) >= 11 is 0. The van der Waals surface area contributed by atoms with Gasteiger partial charge in [0, 0.05) is 19.8 Å². The molecule has 0 saturated carbocycles. The largest absolute Gasteiger partial charge is 0.397 e. The summed E-state index contributed by atoms with van der Waals surface area (Å²) in [6.45, 7) is 2.21. The standard InChI is InChI=1S/C7H16O2Si/c1-4-7-5-6-10(7,8-2)9-3/h7H,4-6H2,1-3H3. The van der Waals surface area contributed by atoms with Crippen molar-refractivity contribution in [2.24, 2.45) is 0 Å². The smallest absolute Gasteiger partial charge is 0.340 e. The number of rotatable bonds is 3. The Bertz CT molecular complexity index is 105. The molecule has 0 bridgehead atoms. The summed E-state index contributed by atoms with van der Waals surface area (Å²) in [5, 5.41) is 0. The van der Waals surface area contributed by atoms with Crippen LogP contribution in [0.2, 0.25) is 11.6 Å². The van der Waals surface area contributed by atoms with Gasteiger partial charge in [0.2, 0.25) is 0 Å². The molecule has 1 saturated heterocycles. The van der Waals surface area contributed by atoms with Crippen LogP contribution >= 0.6 is 0 Å². The summed E-state index contributed by atoms with van der Waals surface area (Å²) < 4.78 is 10.9. The van der Waals surface area contributed by atoms with Crippen LogP contribution < -0.4 is 0 Å². The van der Waals surface area contributed by atoms with E-state index >= 15 is 0 Å². The van der Waals surface area contributed by atoms with Crippen molar-refractivity contribution < 1.29 is 8.85 Å². The summed E-state index contributed by atoms with van der Waals surface area (Å²) in [6.07, 6.45) is 2.53. The van der Waals surface area contributed by atoms with E-state index in [1.807, 2.05) is 0 Å². The Kier molecular flexibility index (Phi) is 2.49. The summed E-state index contributed by atoms with van der Waals surface area (Å²) in [7, 11) is 1.96. The second kappa shape index (κ2) is 3.03. The molecule has 1 aliphatic heterocycles. The molecule has 1 unspecified atom stereocenters. The Morgan fingerprint density at radius 3 is 2.10 bits per heavy atom. The van der Waals surface area contributed by atoms with E-state index in [9.17, 15) is 0 Å². The maximum absolute atomic E-state index is 5.44. The van der Waals surface area contributed by atoms with Gasteiger partial charge in [-0.25, -0.2) is 0 Å². The van der Waals surface area contributed by atoms with Crippen molar-refractivity contribution in [2.45, 2.75) is 31.4 Å². The van der Waals surface area contributed by atoms with Crippen molar-refractivity contribution in [3.63, 3.8) is 0 Å². The van der Waals surface area contributed by atoms with Gasteiger partial charge in [-0.15, -0.1) is 0 Å². The average molecular weight is 160 g/mol. The molecule has 0 N–H and O–H groups in total. The molecule has 2 nitrogen and oxygen atoms in total. The van der Waals surface area contributed by atoms with E-state index in [0.29, 0.717) is 0 Å². The van der Waals surface area contributed by atoms with Crippen molar-refractivity contribution in [1.29, 1.82) is 0 Å². The number of hydrogen-bond acceptors (Lipinski definition) is 2. The summed E-state index contributed by atoms with van der Waals surface area (Å²) in [5.41, 5.74) is 0.752. The van der Waals surface area contributed by atoms with Crippen molar-refractivity contribution in [3.8, 4) is 0 Å². The van der Waals surface area contributed by atoms with E-state index < -0.39 is 8.56 Å². The average Bonchev–Trinajstić information content (AvgIpc) is 1.90. The predicted molar refractivity (Wildman–Crippen MR) is 43.2 cm³/mol. The molecule has 0 aromatic heterocycles. The van der Waals surface area contributed by atoms with Gasteiger partial charge >= 0.3 is 8.56 Å². The Hall–Kier alpha value is 0.137. The maximum atomic E-state index is 5.44. The molecule has 0 spiro atoms. The molecule has 1 aliphatic rings. The highest BCUT2D eigenvalue weighted by molar-refractivity contribution is 6.71. The van der Waals surface area contributed by atoms with E-state index in [0.717, 1.165) is 5.54 Å². The Morgan fingerprint density at radius 1 is 1.40 bits per heavy atom. The first-order valence-electron chi connectivity index (χ1n) is 3.89. The molecular weight excluding hydrogens is 144 g/mol. The second-order valence-electron chi connectivity index (χ2n) is 2.86. The first-order valence-corrected chi connectivity index (χ1v) is 5.99. The molecule has 1 atom stereocenters.